The quantitative estimate of drug-likeness (QED) is 0.246. The number of aromatic nitrogens is 2. The molecular weight excluding hydrogens is 515 g/mol. The zero-order chi connectivity index (χ0) is 27.5. The number of para-hydroxylation sites is 1. The van der Waals surface area contributed by atoms with Gasteiger partial charge in [-0.15, -0.1) is 0 Å². The maximum absolute atomic E-state index is 13.7. The summed E-state index contributed by atoms with van der Waals surface area (Å²) in [6, 6.07) is 8.92. The third-order valence-electron chi connectivity index (χ3n) is 5.81. The normalized spacial score (nSPS) is 19.7. The van der Waals surface area contributed by atoms with Crippen LogP contribution in [0.4, 0.5) is 5.82 Å². The van der Waals surface area contributed by atoms with Crippen LogP contribution in [0.25, 0.3) is 0 Å². The van der Waals surface area contributed by atoms with Gasteiger partial charge in [-0.25, -0.2) is 9.36 Å². The van der Waals surface area contributed by atoms with Crippen molar-refractivity contribution >= 4 is 19.5 Å². The summed E-state index contributed by atoms with van der Waals surface area (Å²) in [6.07, 6.45) is 3.65. The first-order valence-electron chi connectivity index (χ1n) is 12.8. The van der Waals surface area contributed by atoms with Crippen LogP contribution < -0.4 is 21.0 Å². The van der Waals surface area contributed by atoms with E-state index in [0.29, 0.717) is 6.61 Å². The molecule has 0 bridgehead atoms. The number of carbonyl (C=O) groups is 1. The zero-order valence-corrected chi connectivity index (χ0v) is 22.9. The number of nitrogen functional groups attached to an aromatic ring is 1. The van der Waals surface area contributed by atoms with Crippen LogP contribution in [0.1, 0.15) is 52.7 Å². The fourth-order valence-electron chi connectivity index (χ4n) is 3.93. The summed E-state index contributed by atoms with van der Waals surface area (Å²) < 4.78 is 43.0. The Morgan fingerprint density at radius 1 is 1.24 bits per heavy atom. The van der Waals surface area contributed by atoms with Gasteiger partial charge in [-0.3, -0.25) is 13.9 Å². The number of anilines is 1. The molecule has 1 aliphatic rings. The first kappa shape index (κ1) is 29.8. The lowest BCUT2D eigenvalue weighted by molar-refractivity contribution is -0.146. The van der Waals surface area contributed by atoms with Crippen molar-refractivity contribution in [1.29, 1.82) is 0 Å². The van der Waals surface area contributed by atoms with Gasteiger partial charge in [0.1, 0.15) is 24.2 Å². The molecule has 0 amide bonds. The van der Waals surface area contributed by atoms with Crippen LogP contribution in [-0.2, 0) is 28.1 Å². The molecule has 2 heterocycles. The van der Waals surface area contributed by atoms with Gasteiger partial charge in [-0.2, -0.15) is 10.1 Å². The first-order valence-corrected chi connectivity index (χ1v) is 14.3. The van der Waals surface area contributed by atoms with Crippen LogP contribution in [0.2, 0.25) is 0 Å². The Labute approximate surface area is 222 Å². The van der Waals surface area contributed by atoms with Crippen LogP contribution in [-0.4, -0.2) is 47.7 Å². The second-order valence-corrected chi connectivity index (χ2v) is 10.7. The molecule has 3 rings (SSSR count). The fourth-order valence-corrected chi connectivity index (χ4v) is 5.41. The predicted octanol–water partition coefficient (Wildman–Crippen LogP) is 3.64. The Balaban J connectivity index is 1.62. The number of nitrogens with two attached hydrogens (primary N) is 1. The van der Waals surface area contributed by atoms with Gasteiger partial charge < -0.3 is 24.5 Å². The molecule has 0 spiro atoms. The van der Waals surface area contributed by atoms with Crippen molar-refractivity contribution in [3.8, 4) is 5.75 Å². The van der Waals surface area contributed by atoms with Gasteiger partial charge in [-0.05, 0) is 43.9 Å². The molecule has 0 aliphatic carbocycles. The van der Waals surface area contributed by atoms with E-state index in [1.165, 1.54) is 23.8 Å². The molecule has 1 aromatic heterocycles. The van der Waals surface area contributed by atoms with E-state index in [0.717, 1.165) is 25.7 Å². The molecule has 210 valence electrons. The molecule has 1 aliphatic heterocycles. The average molecular weight is 553 g/mol. The van der Waals surface area contributed by atoms with E-state index in [2.05, 4.69) is 23.9 Å². The molecular formula is C25H37N4O8P. The molecule has 0 saturated carbocycles. The van der Waals surface area contributed by atoms with Gasteiger partial charge in [0, 0.05) is 6.20 Å². The van der Waals surface area contributed by atoms with Crippen molar-refractivity contribution in [2.24, 2.45) is 5.92 Å². The first-order chi connectivity index (χ1) is 18.2. The highest BCUT2D eigenvalue weighted by molar-refractivity contribution is 7.52. The zero-order valence-electron chi connectivity index (χ0n) is 22.0. The average Bonchev–Trinajstić information content (AvgIpc) is 3.35. The minimum Gasteiger partial charge on any atom is -0.464 e. The summed E-state index contributed by atoms with van der Waals surface area (Å²) in [4.78, 5) is 28.5. The molecule has 1 fully saturated rings. The van der Waals surface area contributed by atoms with E-state index >= 15 is 0 Å². The highest BCUT2D eigenvalue weighted by atomic mass is 31.2. The maximum atomic E-state index is 13.7. The molecule has 0 radical (unpaired) electrons. The van der Waals surface area contributed by atoms with Crippen molar-refractivity contribution < 1.29 is 32.6 Å². The predicted molar refractivity (Wildman–Crippen MR) is 140 cm³/mol. The summed E-state index contributed by atoms with van der Waals surface area (Å²) in [5.74, 6) is 0.0824. The van der Waals surface area contributed by atoms with E-state index < -0.39 is 38.0 Å². The minimum atomic E-state index is -4.09. The van der Waals surface area contributed by atoms with Crippen molar-refractivity contribution in [3.05, 3.63) is 53.1 Å². The number of hydrogen-bond acceptors (Lipinski definition) is 10. The Morgan fingerprint density at radius 3 is 2.61 bits per heavy atom. The standard InChI is InChI=1S/C25H37N4O8P/c1-4-9-19(10-5-2)15-34-24(30)18(3)28-38(32,37-20-11-7-6-8-12-20)35-17-23-33-16-22(36-23)29-14-13-21(26)27-25(29)31/h6-8,11-14,18-19,22-23H,4-5,9-10,15-17H2,1-3H3,(H,28,32)(H2,26,27,31)/t18-,22-,23-,38-/m0/s1. The van der Waals surface area contributed by atoms with Crippen LogP contribution in [0.3, 0.4) is 0 Å². The fraction of sp³-hybridized carbons (Fsp3) is 0.560. The van der Waals surface area contributed by atoms with Crippen LogP contribution >= 0.6 is 7.75 Å². The number of nitrogens with one attached hydrogen (secondary N) is 1. The number of ether oxygens (including phenoxy) is 3. The lowest BCUT2D eigenvalue weighted by atomic mass is 9.99. The van der Waals surface area contributed by atoms with E-state index in [1.54, 1.807) is 30.3 Å². The molecule has 38 heavy (non-hydrogen) atoms. The van der Waals surface area contributed by atoms with Gasteiger partial charge in [0.05, 0.1) is 13.2 Å². The molecule has 1 saturated heterocycles. The van der Waals surface area contributed by atoms with Crippen LogP contribution in [0.15, 0.2) is 47.4 Å². The Bertz CT molecular complexity index is 1130. The molecule has 4 atom stereocenters. The summed E-state index contributed by atoms with van der Waals surface area (Å²) in [5, 5.41) is 2.66. The number of hydrogen-bond donors (Lipinski definition) is 2. The summed E-state index contributed by atoms with van der Waals surface area (Å²) in [5.41, 5.74) is 4.94. The van der Waals surface area contributed by atoms with Crippen molar-refractivity contribution in [2.75, 3.05) is 25.6 Å². The second-order valence-electron chi connectivity index (χ2n) is 9.02. The van der Waals surface area contributed by atoms with Gasteiger partial charge in [0.25, 0.3) is 0 Å². The summed E-state index contributed by atoms with van der Waals surface area (Å²) >= 11 is 0. The molecule has 13 heteroatoms. The molecule has 1 aromatic carbocycles. The van der Waals surface area contributed by atoms with E-state index in [-0.39, 0.29) is 30.7 Å². The number of benzene rings is 1. The van der Waals surface area contributed by atoms with Gasteiger partial charge >= 0.3 is 19.4 Å². The Kier molecular flexibility index (Phi) is 11.3. The largest absolute Gasteiger partial charge is 0.464 e. The number of esters is 1. The molecule has 2 aromatic rings. The van der Waals surface area contributed by atoms with E-state index in [9.17, 15) is 14.2 Å². The topological polar surface area (TPSA) is 153 Å². The Morgan fingerprint density at radius 2 is 1.95 bits per heavy atom. The number of nitrogens with zero attached hydrogens (tertiary/aromatic N) is 2. The van der Waals surface area contributed by atoms with E-state index in [1.807, 2.05) is 0 Å². The SMILES string of the molecule is CCCC(CCC)COC(=O)[C@H](C)N[P@](=O)(OC[C@H]1OC[C@@H](n2ccc(N)nc2=O)O1)Oc1ccccc1. The molecule has 3 N–H and O–H groups in total. The third kappa shape index (κ3) is 8.92. The molecule has 0 unspecified atom stereocenters. The van der Waals surface area contributed by atoms with Crippen molar-refractivity contribution in [3.63, 3.8) is 0 Å². The van der Waals surface area contributed by atoms with Crippen LogP contribution in [0.5, 0.6) is 5.75 Å². The monoisotopic (exact) mass is 552 g/mol. The minimum absolute atomic E-state index is 0.0379. The summed E-state index contributed by atoms with van der Waals surface area (Å²) in [7, 11) is -4.09. The summed E-state index contributed by atoms with van der Waals surface area (Å²) in [6.45, 7) is 5.74. The van der Waals surface area contributed by atoms with Crippen molar-refractivity contribution in [1.82, 2.24) is 14.6 Å². The lowest BCUT2D eigenvalue weighted by Crippen LogP contribution is -2.36. The Hall–Kier alpha value is -2.76. The van der Waals surface area contributed by atoms with Crippen LogP contribution in [0, 0.1) is 5.92 Å². The smallest absolute Gasteiger partial charge is 0.459 e. The van der Waals surface area contributed by atoms with Gasteiger partial charge in [0.15, 0.2) is 12.5 Å². The number of rotatable bonds is 15. The third-order valence-corrected chi connectivity index (χ3v) is 7.45. The lowest BCUT2D eigenvalue weighted by Gasteiger charge is -2.24. The number of carbonyl (C=O) groups excluding carboxylic acids is 1. The second kappa shape index (κ2) is 14.4. The maximum Gasteiger partial charge on any atom is 0.459 e. The van der Waals surface area contributed by atoms with E-state index in [4.69, 9.17) is 29.0 Å². The van der Waals surface area contributed by atoms with Crippen molar-refractivity contribution in [2.45, 2.75) is 65.0 Å². The highest BCUT2D eigenvalue weighted by Gasteiger charge is 2.36. The van der Waals surface area contributed by atoms with Gasteiger partial charge in [0.2, 0.25) is 0 Å². The molecule has 12 nitrogen and oxygen atoms in total. The highest BCUT2D eigenvalue weighted by Crippen LogP contribution is 2.45. The van der Waals surface area contributed by atoms with Gasteiger partial charge in [-0.1, -0.05) is 44.9 Å².